The molecular formula is C11H9BrO2. The van der Waals surface area contributed by atoms with E-state index in [4.69, 9.17) is 15.9 Å². The van der Waals surface area contributed by atoms with E-state index in [1.807, 2.05) is 19.1 Å². The van der Waals surface area contributed by atoms with Crippen LogP contribution >= 0.6 is 15.9 Å². The Bertz CT molecular complexity index is 406. The zero-order chi connectivity index (χ0) is 10.1. The molecule has 72 valence electrons. The summed E-state index contributed by atoms with van der Waals surface area (Å²) in [4.78, 5) is 0. The van der Waals surface area contributed by atoms with Gasteiger partial charge in [-0.15, -0.1) is 6.42 Å². The van der Waals surface area contributed by atoms with Crippen molar-refractivity contribution in [3.05, 3.63) is 22.2 Å². The Morgan fingerprint density at radius 3 is 2.71 bits per heavy atom. The van der Waals surface area contributed by atoms with Gasteiger partial charge in [0.05, 0.1) is 0 Å². The van der Waals surface area contributed by atoms with Gasteiger partial charge in [-0.1, -0.05) is 21.9 Å². The molecule has 0 fully saturated rings. The fourth-order valence-electron chi connectivity index (χ4n) is 1.35. The third-order valence-corrected chi connectivity index (χ3v) is 2.90. The van der Waals surface area contributed by atoms with Crippen LogP contribution < -0.4 is 9.47 Å². The van der Waals surface area contributed by atoms with Crippen molar-refractivity contribution in [3.8, 4) is 23.8 Å². The molecule has 2 nitrogen and oxygen atoms in total. The molecule has 0 aromatic heterocycles. The zero-order valence-electron chi connectivity index (χ0n) is 7.71. The second kappa shape index (κ2) is 3.55. The van der Waals surface area contributed by atoms with Crippen molar-refractivity contribution in [2.75, 3.05) is 6.79 Å². The van der Waals surface area contributed by atoms with Crippen molar-refractivity contribution < 1.29 is 9.47 Å². The highest BCUT2D eigenvalue weighted by atomic mass is 79.9. The Balaban J connectivity index is 2.48. The minimum Gasteiger partial charge on any atom is -0.454 e. The predicted molar refractivity (Wildman–Crippen MR) is 57.5 cm³/mol. The first kappa shape index (κ1) is 9.42. The topological polar surface area (TPSA) is 18.5 Å². The molecule has 1 unspecified atom stereocenters. The molecule has 0 saturated carbocycles. The predicted octanol–water partition coefficient (Wildman–Crippen LogP) is 2.91. The van der Waals surface area contributed by atoms with Gasteiger partial charge in [0.25, 0.3) is 0 Å². The van der Waals surface area contributed by atoms with Crippen LogP contribution in [0, 0.1) is 12.3 Å². The standard InChI is InChI=1S/C11H9BrO2/c1-3-7(2)8-4-10-11(5-9(8)12)14-6-13-10/h1,4-5,7H,6H2,2H3. The van der Waals surface area contributed by atoms with E-state index in [-0.39, 0.29) is 12.7 Å². The first-order chi connectivity index (χ1) is 6.72. The van der Waals surface area contributed by atoms with Crippen LogP contribution in [0.5, 0.6) is 11.5 Å². The number of ether oxygens (including phenoxy) is 2. The molecule has 1 aromatic carbocycles. The van der Waals surface area contributed by atoms with Crippen LogP contribution in [0.4, 0.5) is 0 Å². The Morgan fingerprint density at radius 2 is 2.07 bits per heavy atom. The SMILES string of the molecule is C#CC(C)c1cc2c(cc1Br)OCO2. The van der Waals surface area contributed by atoms with E-state index in [9.17, 15) is 0 Å². The average Bonchev–Trinajstić information content (AvgIpc) is 2.62. The van der Waals surface area contributed by atoms with Gasteiger partial charge in [0.15, 0.2) is 11.5 Å². The van der Waals surface area contributed by atoms with Crippen molar-refractivity contribution in [1.29, 1.82) is 0 Å². The maximum atomic E-state index is 5.38. The first-order valence-corrected chi connectivity index (χ1v) is 5.07. The summed E-state index contributed by atoms with van der Waals surface area (Å²) in [5, 5.41) is 0. The van der Waals surface area contributed by atoms with Crippen LogP contribution in [0.15, 0.2) is 16.6 Å². The molecule has 0 radical (unpaired) electrons. The van der Waals surface area contributed by atoms with Gasteiger partial charge in [-0.05, 0) is 24.6 Å². The molecular weight excluding hydrogens is 244 g/mol. The van der Waals surface area contributed by atoms with E-state index in [2.05, 4.69) is 21.9 Å². The molecule has 0 aliphatic carbocycles. The molecule has 1 aliphatic rings. The number of hydrogen-bond donors (Lipinski definition) is 0. The number of hydrogen-bond acceptors (Lipinski definition) is 2. The van der Waals surface area contributed by atoms with E-state index >= 15 is 0 Å². The second-order valence-corrected chi connectivity index (χ2v) is 3.97. The molecule has 14 heavy (non-hydrogen) atoms. The zero-order valence-corrected chi connectivity index (χ0v) is 9.30. The summed E-state index contributed by atoms with van der Waals surface area (Å²) >= 11 is 3.46. The van der Waals surface area contributed by atoms with E-state index in [1.165, 1.54) is 0 Å². The summed E-state index contributed by atoms with van der Waals surface area (Å²) < 4.78 is 11.5. The first-order valence-electron chi connectivity index (χ1n) is 4.27. The van der Waals surface area contributed by atoms with E-state index in [0.29, 0.717) is 0 Å². The lowest BCUT2D eigenvalue weighted by molar-refractivity contribution is 0.174. The molecule has 1 aliphatic heterocycles. The van der Waals surface area contributed by atoms with Crippen LogP contribution in [-0.4, -0.2) is 6.79 Å². The highest BCUT2D eigenvalue weighted by Crippen LogP contribution is 2.39. The van der Waals surface area contributed by atoms with Gasteiger partial charge in [-0.3, -0.25) is 0 Å². The Morgan fingerprint density at radius 1 is 1.43 bits per heavy atom. The Hall–Kier alpha value is -1.14. The second-order valence-electron chi connectivity index (χ2n) is 3.12. The molecule has 0 N–H and O–H groups in total. The molecule has 3 heteroatoms. The quantitative estimate of drug-likeness (QED) is 0.716. The monoisotopic (exact) mass is 252 g/mol. The molecule has 2 rings (SSSR count). The van der Waals surface area contributed by atoms with Gasteiger partial charge in [-0.25, -0.2) is 0 Å². The molecule has 1 atom stereocenters. The summed E-state index contributed by atoms with van der Waals surface area (Å²) in [5.41, 5.74) is 1.05. The van der Waals surface area contributed by atoms with Crippen molar-refractivity contribution in [2.24, 2.45) is 0 Å². The molecule has 1 heterocycles. The van der Waals surface area contributed by atoms with Crippen LogP contribution in [0.1, 0.15) is 18.4 Å². The van der Waals surface area contributed by atoms with Crippen LogP contribution in [-0.2, 0) is 0 Å². The number of rotatable bonds is 1. The molecule has 1 aromatic rings. The van der Waals surface area contributed by atoms with E-state index < -0.39 is 0 Å². The lowest BCUT2D eigenvalue weighted by atomic mass is 10.0. The number of terminal acetylenes is 1. The Labute approximate surface area is 91.3 Å². The molecule has 0 amide bonds. The van der Waals surface area contributed by atoms with Gasteiger partial charge < -0.3 is 9.47 Å². The van der Waals surface area contributed by atoms with Gasteiger partial charge in [0, 0.05) is 10.4 Å². The summed E-state index contributed by atoms with van der Waals surface area (Å²) in [6, 6.07) is 3.82. The molecule has 0 spiro atoms. The van der Waals surface area contributed by atoms with Gasteiger partial charge in [-0.2, -0.15) is 0 Å². The largest absolute Gasteiger partial charge is 0.454 e. The van der Waals surface area contributed by atoms with Crippen molar-refractivity contribution >= 4 is 15.9 Å². The molecule has 0 saturated heterocycles. The smallest absolute Gasteiger partial charge is 0.231 e. The minimum atomic E-state index is 0.0684. The number of benzene rings is 1. The summed E-state index contributed by atoms with van der Waals surface area (Å²) in [7, 11) is 0. The van der Waals surface area contributed by atoms with Crippen molar-refractivity contribution in [1.82, 2.24) is 0 Å². The van der Waals surface area contributed by atoms with Crippen molar-refractivity contribution in [3.63, 3.8) is 0 Å². The van der Waals surface area contributed by atoms with E-state index in [0.717, 1.165) is 21.5 Å². The molecule has 0 bridgehead atoms. The third-order valence-electron chi connectivity index (χ3n) is 2.21. The highest BCUT2D eigenvalue weighted by Gasteiger charge is 2.18. The minimum absolute atomic E-state index is 0.0684. The summed E-state index contributed by atoms with van der Waals surface area (Å²) in [6.45, 7) is 2.26. The van der Waals surface area contributed by atoms with Gasteiger partial charge >= 0.3 is 0 Å². The number of halogens is 1. The Kier molecular flexibility index (Phi) is 2.39. The maximum absolute atomic E-state index is 5.38. The van der Waals surface area contributed by atoms with Crippen LogP contribution in [0.25, 0.3) is 0 Å². The normalized spacial score (nSPS) is 14.9. The fourth-order valence-corrected chi connectivity index (χ4v) is 2.02. The summed E-state index contributed by atoms with van der Waals surface area (Å²) in [6.07, 6.45) is 5.38. The number of fused-ring (bicyclic) bond motifs is 1. The van der Waals surface area contributed by atoms with Crippen LogP contribution in [0.3, 0.4) is 0 Å². The average molecular weight is 253 g/mol. The van der Waals surface area contributed by atoms with Crippen molar-refractivity contribution in [2.45, 2.75) is 12.8 Å². The third kappa shape index (κ3) is 1.46. The lowest BCUT2D eigenvalue weighted by Gasteiger charge is -2.08. The fraction of sp³-hybridized carbons (Fsp3) is 0.273. The van der Waals surface area contributed by atoms with Gasteiger partial charge in [0.1, 0.15) is 0 Å². The summed E-state index contributed by atoms with van der Waals surface area (Å²) in [5.74, 6) is 4.29. The van der Waals surface area contributed by atoms with Gasteiger partial charge in [0.2, 0.25) is 6.79 Å². The van der Waals surface area contributed by atoms with E-state index in [1.54, 1.807) is 0 Å². The maximum Gasteiger partial charge on any atom is 0.231 e. The van der Waals surface area contributed by atoms with Crippen LogP contribution in [0.2, 0.25) is 0 Å². The lowest BCUT2D eigenvalue weighted by Crippen LogP contribution is -1.93. The highest BCUT2D eigenvalue weighted by molar-refractivity contribution is 9.10.